The van der Waals surface area contributed by atoms with Crippen LogP contribution in [-0.2, 0) is 0 Å². The molecule has 0 atom stereocenters. The van der Waals surface area contributed by atoms with Crippen LogP contribution in [0, 0.1) is 13.8 Å². The van der Waals surface area contributed by atoms with E-state index in [0.29, 0.717) is 11.3 Å². The number of thiazole rings is 1. The van der Waals surface area contributed by atoms with Crippen LogP contribution < -0.4 is 5.32 Å². The zero-order valence-electron chi connectivity index (χ0n) is 14.2. The molecule has 0 radical (unpaired) electrons. The van der Waals surface area contributed by atoms with E-state index < -0.39 is 0 Å². The second kappa shape index (κ2) is 6.57. The fraction of sp³-hybridized carbons (Fsp3) is 0.111. The first-order valence-corrected chi connectivity index (χ1v) is 8.88. The van der Waals surface area contributed by atoms with Gasteiger partial charge in [-0.05, 0) is 44.2 Å². The molecule has 4 rings (SSSR count). The van der Waals surface area contributed by atoms with Gasteiger partial charge in [0.25, 0.3) is 5.91 Å². The van der Waals surface area contributed by atoms with Crippen LogP contribution >= 0.6 is 11.3 Å². The van der Waals surface area contributed by atoms with Gasteiger partial charge in [-0.2, -0.15) is 15.0 Å². The summed E-state index contributed by atoms with van der Waals surface area (Å²) in [5, 5.41) is 13.9. The van der Waals surface area contributed by atoms with Crippen LogP contribution in [0.5, 0.6) is 0 Å². The summed E-state index contributed by atoms with van der Waals surface area (Å²) >= 11 is 1.54. The SMILES string of the molecule is Cc1cc(C(=O)Nc2ccc(-n3nccn3)cc2)c(C)n1-c1nccs1. The van der Waals surface area contributed by atoms with Gasteiger partial charge in [0.2, 0.25) is 0 Å². The number of aryl methyl sites for hydroxylation is 1. The Bertz CT molecular complexity index is 1030. The zero-order chi connectivity index (χ0) is 18.1. The average Bonchev–Trinajstić information content (AvgIpc) is 3.37. The summed E-state index contributed by atoms with van der Waals surface area (Å²) in [7, 11) is 0. The molecular weight excluding hydrogens is 348 g/mol. The predicted molar refractivity (Wildman–Crippen MR) is 100 cm³/mol. The van der Waals surface area contributed by atoms with Crippen molar-refractivity contribution >= 4 is 22.9 Å². The summed E-state index contributed by atoms with van der Waals surface area (Å²) < 4.78 is 1.99. The van der Waals surface area contributed by atoms with Crippen LogP contribution in [0.15, 0.2) is 54.3 Å². The second-order valence-electron chi connectivity index (χ2n) is 5.75. The molecule has 1 N–H and O–H groups in total. The summed E-state index contributed by atoms with van der Waals surface area (Å²) in [4.78, 5) is 18.6. The van der Waals surface area contributed by atoms with Gasteiger partial charge in [0.1, 0.15) is 0 Å². The van der Waals surface area contributed by atoms with Gasteiger partial charge in [-0.1, -0.05) is 0 Å². The molecule has 4 aromatic rings. The minimum atomic E-state index is -0.147. The largest absolute Gasteiger partial charge is 0.322 e. The number of nitrogens with zero attached hydrogens (tertiary/aromatic N) is 5. The molecule has 0 spiro atoms. The van der Waals surface area contributed by atoms with E-state index in [0.717, 1.165) is 22.2 Å². The summed E-state index contributed by atoms with van der Waals surface area (Å²) in [5.74, 6) is -0.147. The molecule has 3 aromatic heterocycles. The van der Waals surface area contributed by atoms with Crippen LogP contribution in [0.1, 0.15) is 21.7 Å². The Morgan fingerprint density at radius 3 is 2.46 bits per heavy atom. The van der Waals surface area contributed by atoms with E-state index in [9.17, 15) is 4.79 Å². The molecule has 0 unspecified atom stereocenters. The van der Waals surface area contributed by atoms with Crippen LogP contribution in [-0.4, -0.2) is 30.5 Å². The first-order chi connectivity index (χ1) is 12.6. The van der Waals surface area contributed by atoms with E-state index >= 15 is 0 Å². The van der Waals surface area contributed by atoms with Gasteiger partial charge in [-0.25, -0.2) is 4.98 Å². The predicted octanol–water partition coefficient (Wildman–Crippen LogP) is 3.38. The van der Waals surface area contributed by atoms with Gasteiger partial charge in [-0.15, -0.1) is 11.3 Å². The van der Waals surface area contributed by atoms with Crippen molar-refractivity contribution in [1.29, 1.82) is 0 Å². The maximum atomic E-state index is 12.7. The van der Waals surface area contributed by atoms with Crippen LogP contribution in [0.2, 0.25) is 0 Å². The highest BCUT2D eigenvalue weighted by Gasteiger charge is 2.18. The molecule has 8 heteroatoms. The normalized spacial score (nSPS) is 10.8. The summed E-state index contributed by atoms with van der Waals surface area (Å²) in [6, 6.07) is 9.25. The maximum absolute atomic E-state index is 12.7. The van der Waals surface area contributed by atoms with E-state index in [1.165, 1.54) is 16.1 Å². The van der Waals surface area contributed by atoms with Crippen molar-refractivity contribution in [2.24, 2.45) is 0 Å². The Balaban J connectivity index is 1.56. The van der Waals surface area contributed by atoms with E-state index in [1.807, 2.05) is 54.1 Å². The Labute approximate surface area is 153 Å². The maximum Gasteiger partial charge on any atom is 0.257 e. The fourth-order valence-corrected chi connectivity index (χ4v) is 3.59. The van der Waals surface area contributed by atoms with E-state index in [1.54, 1.807) is 18.6 Å². The van der Waals surface area contributed by atoms with Gasteiger partial charge >= 0.3 is 0 Å². The van der Waals surface area contributed by atoms with Crippen LogP contribution in [0.4, 0.5) is 5.69 Å². The third-order valence-electron chi connectivity index (χ3n) is 4.06. The Morgan fingerprint density at radius 2 is 1.81 bits per heavy atom. The second-order valence-corrected chi connectivity index (χ2v) is 6.63. The third kappa shape index (κ3) is 2.91. The van der Waals surface area contributed by atoms with Crippen molar-refractivity contribution in [2.45, 2.75) is 13.8 Å². The van der Waals surface area contributed by atoms with Gasteiger partial charge < -0.3 is 5.32 Å². The average molecular weight is 364 g/mol. The lowest BCUT2D eigenvalue weighted by Gasteiger charge is -2.07. The van der Waals surface area contributed by atoms with Gasteiger partial charge in [-0.3, -0.25) is 9.36 Å². The number of rotatable bonds is 4. The van der Waals surface area contributed by atoms with Crippen LogP contribution in [0.25, 0.3) is 10.8 Å². The molecule has 0 aliphatic rings. The standard InChI is InChI=1S/C18H16N6OS/c1-12-11-16(13(2)23(12)18-19-9-10-26-18)17(25)22-14-3-5-15(6-4-14)24-20-7-8-21-24/h3-11H,1-2H3,(H,22,25). The van der Waals surface area contributed by atoms with Crippen molar-refractivity contribution in [3.05, 3.63) is 71.3 Å². The molecule has 0 fully saturated rings. The zero-order valence-corrected chi connectivity index (χ0v) is 15.1. The molecule has 3 heterocycles. The molecule has 0 bridgehead atoms. The Morgan fingerprint density at radius 1 is 1.08 bits per heavy atom. The Kier molecular flexibility index (Phi) is 4.10. The molecule has 130 valence electrons. The molecule has 26 heavy (non-hydrogen) atoms. The van der Waals surface area contributed by atoms with Crippen molar-refractivity contribution in [1.82, 2.24) is 24.5 Å². The van der Waals surface area contributed by atoms with Gasteiger partial charge in [0.05, 0.1) is 23.6 Å². The molecular formula is C18H16N6OS. The van der Waals surface area contributed by atoms with Gasteiger partial charge in [0, 0.05) is 28.7 Å². The van der Waals surface area contributed by atoms with E-state index in [4.69, 9.17) is 0 Å². The number of carbonyl (C=O) groups is 1. The van der Waals surface area contributed by atoms with Crippen molar-refractivity contribution in [2.75, 3.05) is 5.32 Å². The number of nitrogens with one attached hydrogen (secondary N) is 1. The van der Waals surface area contributed by atoms with E-state index in [-0.39, 0.29) is 5.91 Å². The van der Waals surface area contributed by atoms with Crippen molar-refractivity contribution in [3.63, 3.8) is 0 Å². The highest BCUT2D eigenvalue weighted by atomic mass is 32.1. The highest BCUT2D eigenvalue weighted by Crippen LogP contribution is 2.23. The minimum absolute atomic E-state index is 0.147. The molecule has 0 saturated carbocycles. The summed E-state index contributed by atoms with van der Waals surface area (Å²) in [6.45, 7) is 3.90. The molecule has 1 aromatic carbocycles. The summed E-state index contributed by atoms with van der Waals surface area (Å²) in [5.41, 5.74) is 4.02. The fourth-order valence-electron chi connectivity index (χ4n) is 2.84. The first-order valence-electron chi connectivity index (χ1n) is 8.00. The number of aromatic nitrogens is 5. The molecule has 0 saturated heterocycles. The number of hydrogen-bond acceptors (Lipinski definition) is 5. The lowest BCUT2D eigenvalue weighted by atomic mass is 10.2. The quantitative estimate of drug-likeness (QED) is 0.602. The smallest absolute Gasteiger partial charge is 0.257 e. The monoisotopic (exact) mass is 364 g/mol. The van der Waals surface area contributed by atoms with Crippen molar-refractivity contribution < 1.29 is 4.79 Å². The van der Waals surface area contributed by atoms with Crippen molar-refractivity contribution in [3.8, 4) is 10.8 Å². The Hall–Kier alpha value is -3.26. The summed E-state index contributed by atoms with van der Waals surface area (Å²) in [6.07, 6.45) is 5.00. The number of anilines is 1. The topological polar surface area (TPSA) is 77.6 Å². The number of carbonyl (C=O) groups excluding carboxylic acids is 1. The van der Waals surface area contributed by atoms with Gasteiger partial charge in [0.15, 0.2) is 5.13 Å². The molecule has 0 aliphatic carbocycles. The number of amides is 1. The molecule has 1 amide bonds. The highest BCUT2D eigenvalue weighted by molar-refractivity contribution is 7.12. The van der Waals surface area contributed by atoms with Crippen LogP contribution in [0.3, 0.4) is 0 Å². The minimum Gasteiger partial charge on any atom is -0.322 e. The molecule has 0 aliphatic heterocycles. The van der Waals surface area contributed by atoms with E-state index in [2.05, 4.69) is 20.5 Å². The third-order valence-corrected chi connectivity index (χ3v) is 4.82. The number of hydrogen-bond donors (Lipinski definition) is 1. The lowest BCUT2D eigenvalue weighted by Crippen LogP contribution is -2.13. The number of benzene rings is 1. The lowest BCUT2D eigenvalue weighted by molar-refractivity contribution is 0.102. The molecule has 7 nitrogen and oxygen atoms in total. The first kappa shape index (κ1) is 16.2.